The van der Waals surface area contributed by atoms with Crippen LogP contribution >= 0.6 is 0 Å². The van der Waals surface area contributed by atoms with Crippen molar-refractivity contribution in [3.63, 3.8) is 0 Å². The first-order valence-corrected chi connectivity index (χ1v) is 8.19. The summed E-state index contributed by atoms with van der Waals surface area (Å²) in [5.74, 6) is 1.28. The molecule has 1 aliphatic heterocycles. The van der Waals surface area contributed by atoms with Crippen molar-refractivity contribution in [2.24, 2.45) is 0 Å². The predicted molar refractivity (Wildman–Crippen MR) is 91.4 cm³/mol. The van der Waals surface area contributed by atoms with E-state index in [9.17, 15) is 4.79 Å². The monoisotopic (exact) mass is 313 g/mol. The number of methoxy groups -OCH3 is 1. The van der Waals surface area contributed by atoms with Crippen molar-refractivity contribution in [2.75, 3.05) is 7.11 Å². The maximum Gasteiger partial charge on any atom is 0.262 e. The molecule has 122 valence electrons. The Morgan fingerprint density at radius 1 is 1.09 bits per heavy atom. The second-order valence-corrected chi connectivity index (χ2v) is 6.13. The fourth-order valence-corrected chi connectivity index (χ4v) is 3.19. The Bertz CT molecular complexity index is 747. The Morgan fingerprint density at radius 2 is 1.83 bits per heavy atom. The highest BCUT2D eigenvalue weighted by atomic mass is 16.5. The minimum atomic E-state index is -0.0302. The smallest absolute Gasteiger partial charge is 0.262 e. The molecule has 0 unspecified atom stereocenters. The fourth-order valence-electron chi connectivity index (χ4n) is 3.19. The Hall–Kier alpha value is -2.23. The lowest BCUT2D eigenvalue weighted by Crippen LogP contribution is -2.30. The van der Waals surface area contributed by atoms with Gasteiger partial charge in [-0.25, -0.2) is 0 Å². The highest BCUT2D eigenvalue weighted by molar-refractivity contribution is 5.74. The molecule has 4 nitrogen and oxygen atoms in total. The second kappa shape index (κ2) is 6.49. The third-order valence-electron chi connectivity index (χ3n) is 4.15. The van der Waals surface area contributed by atoms with Crippen LogP contribution in [-0.2, 0) is 13.0 Å². The molecule has 0 spiro atoms. The second-order valence-electron chi connectivity index (χ2n) is 6.13. The zero-order valence-electron chi connectivity index (χ0n) is 14.0. The van der Waals surface area contributed by atoms with Gasteiger partial charge in [0.1, 0.15) is 0 Å². The molecule has 0 aliphatic carbocycles. The maximum atomic E-state index is 13.1. The number of fused-ring (bicyclic) bond motifs is 1. The van der Waals surface area contributed by atoms with Crippen LogP contribution in [-0.4, -0.2) is 17.8 Å². The molecule has 0 saturated heterocycles. The van der Waals surface area contributed by atoms with Gasteiger partial charge < -0.3 is 14.0 Å². The van der Waals surface area contributed by atoms with Crippen molar-refractivity contribution in [1.82, 2.24) is 4.57 Å². The molecule has 2 aromatic rings. The lowest BCUT2D eigenvalue weighted by Gasteiger charge is -2.26. The van der Waals surface area contributed by atoms with Gasteiger partial charge in [-0.3, -0.25) is 4.79 Å². The molecule has 1 aromatic heterocycles. The van der Waals surface area contributed by atoms with Gasteiger partial charge >= 0.3 is 0 Å². The highest BCUT2D eigenvalue weighted by Gasteiger charge is 2.26. The molecule has 1 aromatic carbocycles. The molecular formula is C19H23NO3. The van der Waals surface area contributed by atoms with E-state index in [1.165, 1.54) is 0 Å². The number of hydrogen-bond acceptors (Lipinski definition) is 3. The van der Waals surface area contributed by atoms with Crippen molar-refractivity contribution >= 4 is 0 Å². The van der Waals surface area contributed by atoms with Gasteiger partial charge in [0.15, 0.2) is 11.5 Å². The molecule has 0 amide bonds. The molecule has 0 fully saturated rings. The number of hydrogen-bond donors (Lipinski definition) is 0. The van der Waals surface area contributed by atoms with Crippen LogP contribution in [0.15, 0.2) is 35.1 Å². The van der Waals surface area contributed by atoms with Gasteiger partial charge in [-0.15, -0.1) is 0 Å². The normalized spacial score (nSPS) is 13.7. The Labute approximate surface area is 136 Å². The molecular weight excluding hydrogens is 290 g/mol. The van der Waals surface area contributed by atoms with E-state index >= 15 is 0 Å². The van der Waals surface area contributed by atoms with Crippen LogP contribution < -0.4 is 15.0 Å². The molecule has 0 radical (unpaired) electrons. The van der Waals surface area contributed by atoms with E-state index in [1.807, 2.05) is 48.7 Å². The highest BCUT2D eigenvalue weighted by Crippen LogP contribution is 2.40. The molecule has 1 aliphatic rings. The minimum absolute atomic E-state index is 0.0161. The molecule has 0 bridgehead atoms. The molecule has 0 atom stereocenters. The van der Waals surface area contributed by atoms with Gasteiger partial charge in [-0.1, -0.05) is 30.3 Å². The summed E-state index contributed by atoms with van der Waals surface area (Å²) in [4.78, 5) is 13.1. The van der Waals surface area contributed by atoms with E-state index in [-0.39, 0.29) is 11.7 Å². The molecule has 3 rings (SSSR count). The number of pyridine rings is 1. The molecule has 0 saturated carbocycles. The first kappa shape index (κ1) is 15.7. The first-order valence-electron chi connectivity index (χ1n) is 8.19. The van der Waals surface area contributed by atoms with Crippen LogP contribution in [0.4, 0.5) is 0 Å². The van der Waals surface area contributed by atoms with E-state index in [0.29, 0.717) is 17.1 Å². The van der Waals surface area contributed by atoms with Gasteiger partial charge in [0.2, 0.25) is 0 Å². The van der Waals surface area contributed by atoms with Crippen LogP contribution in [0, 0.1) is 0 Å². The number of rotatable bonds is 4. The fraction of sp³-hybridized carbons (Fsp3) is 0.421. The van der Waals surface area contributed by atoms with Gasteiger partial charge in [0.25, 0.3) is 5.56 Å². The Kier molecular flexibility index (Phi) is 4.42. The van der Waals surface area contributed by atoms with Crippen LogP contribution in [0.1, 0.15) is 32.4 Å². The average molecular weight is 313 g/mol. The summed E-state index contributed by atoms with van der Waals surface area (Å²) in [5, 5.41) is 0. The Morgan fingerprint density at radius 3 is 2.48 bits per heavy atom. The summed E-state index contributed by atoms with van der Waals surface area (Å²) >= 11 is 0. The quantitative estimate of drug-likeness (QED) is 0.865. The van der Waals surface area contributed by atoms with Crippen molar-refractivity contribution in [3.8, 4) is 22.6 Å². The summed E-state index contributed by atoms with van der Waals surface area (Å²) in [6.07, 6.45) is 2.91. The van der Waals surface area contributed by atoms with Crippen molar-refractivity contribution in [1.29, 1.82) is 0 Å². The van der Waals surface area contributed by atoms with Crippen molar-refractivity contribution in [3.05, 3.63) is 46.4 Å². The van der Waals surface area contributed by atoms with Gasteiger partial charge in [-0.2, -0.15) is 0 Å². The molecule has 23 heavy (non-hydrogen) atoms. The summed E-state index contributed by atoms with van der Waals surface area (Å²) < 4.78 is 13.6. The van der Waals surface area contributed by atoms with Crippen molar-refractivity contribution < 1.29 is 9.47 Å². The van der Waals surface area contributed by atoms with Gasteiger partial charge in [0.05, 0.1) is 24.5 Å². The largest absolute Gasteiger partial charge is 0.491 e. The van der Waals surface area contributed by atoms with Crippen LogP contribution in [0.25, 0.3) is 11.1 Å². The average Bonchev–Trinajstić information content (AvgIpc) is 2.56. The first-order chi connectivity index (χ1) is 11.1. The summed E-state index contributed by atoms with van der Waals surface area (Å²) in [7, 11) is 1.65. The van der Waals surface area contributed by atoms with Gasteiger partial charge in [0, 0.05) is 6.54 Å². The number of benzene rings is 1. The van der Waals surface area contributed by atoms with Crippen LogP contribution in [0.3, 0.4) is 0 Å². The summed E-state index contributed by atoms with van der Waals surface area (Å²) in [5.41, 5.74) is 2.44. The maximum absolute atomic E-state index is 13.1. The lowest BCUT2D eigenvalue weighted by molar-refractivity contribution is 0.228. The van der Waals surface area contributed by atoms with Crippen LogP contribution in [0.5, 0.6) is 11.5 Å². The molecule has 0 N–H and O–H groups in total. The standard InChI is InChI=1S/C19H23NO3/c1-13(2)23-18-16(14-9-5-4-6-10-14)19(21)20-12-8-7-11-15(20)17(18)22-3/h4-6,9-10,13H,7-8,11-12H2,1-3H3. The van der Waals surface area contributed by atoms with Gasteiger partial charge in [-0.05, 0) is 38.7 Å². The number of aromatic nitrogens is 1. The van der Waals surface area contributed by atoms with E-state index in [4.69, 9.17) is 9.47 Å². The van der Waals surface area contributed by atoms with E-state index in [2.05, 4.69) is 0 Å². The van der Waals surface area contributed by atoms with E-state index in [1.54, 1.807) is 7.11 Å². The molecule has 2 heterocycles. The third kappa shape index (κ3) is 2.85. The van der Waals surface area contributed by atoms with E-state index in [0.717, 1.165) is 37.1 Å². The summed E-state index contributed by atoms with van der Waals surface area (Å²) in [6.45, 7) is 4.67. The van der Waals surface area contributed by atoms with Crippen LogP contribution in [0.2, 0.25) is 0 Å². The zero-order chi connectivity index (χ0) is 16.4. The molecule has 4 heteroatoms. The number of ether oxygens (including phenoxy) is 2. The minimum Gasteiger partial charge on any atom is -0.491 e. The van der Waals surface area contributed by atoms with Crippen molar-refractivity contribution in [2.45, 2.75) is 45.8 Å². The topological polar surface area (TPSA) is 40.5 Å². The zero-order valence-corrected chi connectivity index (χ0v) is 14.0. The summed E-state index contributed by atoms with van der Waals surface area (Å²) in [6, 6.07) is 9.70. The van der Waals surface area contributed by atoms with E-state index < -0.39 is 0 Å². The predicted octanol–water partition coefficient (Wildman–Crippen LogP) is 3.65. The SMILES string of the molecule is COc1c(OC(C)C)c(-c2ccccc2)c(=O)n2c1CCCC2. The lowest BCUT2D eigenvalue weighted by atomic mass is 10.0. The third-order valence-corrected chi connectivity index (χ3v) is 4.15. The Balaban J connectivity index is 2.34. The number of nitrogens with zero attached hydrogens (tertiary/aromatic N) is 1.